The number of hydrogen-bond acceptors (Lipinski definition) is 7. The van der Waals surface area contributed by atoms with Gasteiger partial charge in [0, 0.05) is 35.7 Å². The highest BCUT2D eigenvalue weighted by Gasteiger charge is 2.37. The van der Waals surface area contributed by atoms with Crippen LogP contribution >= 0.6 is 0 Å². The first-order valence-corrected chi connectivity index (χ1v) is 13.0. The molecular formula is C30H38N4O6. The van der Waals surface area contributed by atoms with Gasteiger partial charge in [0.2, 0.25) is 17.7 Å². The third-order valence-corrected chi connectivity index (χ3v) is 6.07. The Morgan fingerprint density at radius 3 is 2.30 bits per heavy atom. The van der Waals surface area contributed by atoms with Crippen molar-refractivity contribution in [3.63, 3.8) is 0 Å². The largest absolute Gasteiger partial charge is 0.493 e. The third-order valence-electron chi connectivity index (χ3n) is 6.07. The number of para-hydroxylation sites is 1. The molecule has 0 radical (unpaired) electrons. The molecule has 0 aliphatic rings. The molecule has 214 valence electrons. The summed E-state index contributed by atoms with van der Waals surface area (Å²) in [4.78, 5) is 42.2. The molecule has 40 heavy (non-hydrogen) atoms. The standard InChI is InChI=1S/C30H38N4O6/c1-18-12-13-22(19(2)16-18)34(26(36)15-14-25(35)31-24-17-20(3)40-33-24)27(29(37)32-30(4,5)6)21-10-9-11-23(38-7)28(21)39-8/h9-13,16-17,27H,14-15H2,1-8H3,(H,32,37)(H,31,33,35). The van der Waals surface area contributed by atoms with Gasteiger partial charge in [0.05, 0.1) is 14.2 Å². The van der Waals surface area contributed by atoms with Crippen LogP contribution in [0, 0.1) is 20.8 Å². The van der Waals surface area contributed by atoms with Crippen molar-refractivity contribution in [2.24, 2.45) is 0 Å². The molecule has 10 nitrogen and oxygen atoms in total. The number of hydrogen-bond donors (Lipinski definition) is 2. The van der Waals surface area contributed by atoms with E-state index in [4.69, 9.17) is 14.0 Å². The minimum absolute atomic E-state index is 0.130. The van der Waals surface area contributed by atoms with E-state index in [9.17, 15) is 14.4 Å². The fourth-order valence-corrected chi connectivity index (χ4v) is 4.43. The Morgan fingerprint density at radius 1 is 1.00 bits per heavy atom. The second kappa shape index (κ2) is 12.7. The van der Waals surface area contributed by atoms with Crippen LogP contribution in [0.1, 0.15) is 62.1 Å². The zero-order valence-corrected chi connectivity index (χ0v) is 24.4. The molecule has 2 N–H and O–H groups in total. The molecule has 3 rings (SSSR count). The van der Waals surface area contributed by atoms with Gasteiger partial charge in [0.1, 0.15) is 11.8 Å². The van der Waals surface area contributed by atoms with Crippen molar-refractivity contribution in [1.29, 1.82) is 0 Å². The highest BCUT2D eigenvalue weighted by molar-refractivity contribution is 6.04. The van der Waals surface area contributed by atoms with Crippen molar-refractivity contribution in [3.05, 3.63) is 64.9 Å². The van der Waals surface area contributed by atoms with Gasteiger partial charge in [-0.25, -0.2) is 0 Å². The average molecular weight is 551 g/mol. The van der Waals surface area contributed by atoms with E-state index in [1.54, 1.807) is 31.2 Å². The molecule has 0 aliphatic carbocycles. The molecule has 1 heterocycles. The number of ether oxygens (including phenoxy) is 2. The van der Waals surface area contributed by atoms with Crippen LogP contribution in [-0.4, -0.2) is 42.6 Å². The summed E-state index contributed by atoms with van der Waals surface area (Å²) in [5.74, 6) is 0.339. The number of aryl methyl sites for hydroxylation is 3. The summed E-state index contributed by atoms with van der Waals surface area (Å²) >= 11 is 0. The van der Waals surface area contributed by atoms with Crippen molar-refractivity contribution in [2.45, 2.75) is 66.0 Å². The number of carbonyl (C=O) groups excluding carboxylic acids is 3. The number of nitrogens with zero attached hydrogens (tertiary/aromatic N) is 2. The Balaban J connectivity index is 2.10. The summed E-state index contributed by atoms with van der Waals surface area (Å²) < 4.78 is 16.2. The Kier molecular flexibility index (Phi) is 9.57. The van der Waals surface area contributed by atoms with Gasteiger partial charge in [0.15, 0.2) is 17.3 Å². The second-order valence-corrected chi connectivity index (χ2v) is 10.6. The predicted octanol–water partition coefficient (Wildman–Crippen LogP) is 5.02. The van der Waals surface area contributed by atoms with E-state index in [1.165, 1.54) is 19.1 Å². The molecule has 0 spiro atoms. The second-order valence-electron chi connectivity index (χ2n) is 10.6. The fraction of sp³-hybridized carbons (Fsp3) is 0.400. The number of benzene rings is 2. The van der Waals surface area contributed by atoms with Crippen LogP contribution in [-0.2, 0) is 14.4 Å². The molecule has 1 atom stereocenters. The highest BCUT2D eigenvalue weighted by Crippen LogP contribution is 2.40. The molecule has 0 saturated carbocycles. The molecule has 0 bridgehead atoms. The predicted molar refractivity (Wildman–Crippen MR) is 153 cm³/mol. The summed E-state index contributed by atoms with van der Waals surface area (Å²) in [5.41, 5.74) is 2.20. The summed E-state index contributed by atoms with van der Waals surface area (Å²) in [6.07, 6.45) is -0.295. The normalized spacial score (nSPS) is 11.9. The Labute approximate surface area is 235 Å². The zero-order chi connectivity index (χ0) is 29.6. The molecule has 10 heteroatoms. The number of methoxy groups -OCH3 is 2. The number of rotatable bonds is 10. The maximum Gasteiger partial charge on any atom is 0.248 e. The number of anilines is 2. The molecule has 0 saturated heterocycles. The quantitative estimate of drug-likeness (QED) is 0.363. The van der Waals surface area contributed by atoms with Gasteiger partial charge in [-0.1, -0.05) is 35.0 Å². The number of carbonyl (C=O) groups is 3. The molecule has 1 unspecified atom stereocenters. The lowest BCUT2D eigenvalue weighted by Gasteiger charge is -2.35. The van der Waals surface area contributed by atoms with Crippen LogP contribution in [0.5, 0.6) is 11.5 Å². The average Bonchev–Trinajstić information content (AvgIpc) is 3.28. The summed E-state index contributed by atoms with van der Waals surface area (Å²) in [6, 6.07) is 11.3. The van der Waals surface area contributed by atoms with Crippen LogP contribution in [0.3, 0.4) is 0 Å². The van der Waals surface area contributed by atoms with Crippen molar-refractivity contribution in [2.75, 3.05) is 24.4 Å². The van der Waals surface area contributed by atoms with Gasteiger partial charge in [-0.15, -0.1) is 0 Å². The van der Waals surface area contributed by atoms with Crippen molar-refractivity contribution in [1.82, 2.24) is 10.5 Å². The molecule has 0 aliphatic heterocycles. The van der Waals surface area contributed by atoms with E-state index in [0.717, 1.165) is 11.1 Å². The van der Waals surface area contributed by atoms with Crippen molar-refractivity contribution < 1.29 is 28.4 Å². The first kappa shape index (κ1) is 30.2. The van der Waals surface area contributed by atoms with Gasteiger partial charge in [0.25, 0.3) is 0 Å². The lowest BCUT2D eigenvalue weighted by molar-refractivity contribution is -0.128. The van der Waals surface area contributed by atoms with Crippen molar-refractivity contribution in [3.8, 4) is 11.5 Å². The lowest BCUT2D eigenvalue weighted by atomic mass is 9.97. The summed E-state index contributed by atoms with van der Waals surface area (Å²) in [6.45, 7) is 11.1. The fourth-order valence-electron chi connectivity index (χ4n) is 4.43. The van der Waals surface area contributed by atoms with E-state index in [1.807, 2.05) is 52.8 Å². The number of aromatic nitrogens is 1. The Morgan fingerprint density at radius 2 is 1.73 bits per heavy atom. The van der Waals surface area contributed by atoms with Crippen LogP contribution < -0.4 is 25.0 Å². The summed E-state index contributed by atoms with van der Waals surface area (Å²) in [7, 11) is 2.99. The monoisotopic (exact) mass is 550 g/mol. The minimum atomic E-state index is -1.13. The Bertz CT molecular complexity index is 1370. The van der Waals surface area contributed by atoms with Gasteiger partial charge in [-0.05, 0) is 59.2 Å². The van der Waals surface area contributed by atoms with E-state index in [2.05, 4.69) is 15.8 Å². The minimum Gasteiger partial charge on any atom is -0.493 e. The van der Waals surface area contributed by atoms with Crippen LogP contribution in [0.15, 0.2) is 47.0 Å². The molecule has 3 aromatic rings. The highest BCUT2D eigenvalue weighted by atomic mass is 16.5. The van der Waals surface area contributed by atoms with Gasteiger partial charge in [-0.3, -0.25) is 19.3 Å². The van der Waals surface area contributed by atoms with Crippen molar-refractivity contribution >= 4 is 29.2 Å². The summed E-state index contributed by atoms with van der Waals surface area (Å²) in [5, 5.41) is 9.41. The third kappa shape index (κ3) is 7.40. The SMILES string of the molecule is COc1cccc(C(C(=O)NC(C)(C)C)N(C(=O)CCC(=O)Nc2cc(C)on2)c2ccc(C)cc2C)c1OC. The van der Waals surface area contributed by atoms with Gasteiger partial charge < -0.3 is 24.6 Å². The zero-order valence-electron chi connectivity index (χ0n) is 24.4. The maximum atomic E-state index is 14.0. The first-order valence-electron chi connectivity index (χ1n) is 13.0. The molecule has 1 aromatic heterocycles. The van der Waals surface area contributed by atoms with Crippen LogP contribution in [0.4, 0.5) is 11.5 Å². The van der Waals surface area contributed by atoms with Gasteiger partial charge >= 0.3 is 0 Å². The topological polar surface area (TPSA) is 123 Å². The van der Waals surface area contributed by atoms with Gasteiger partial charge in [-0.2, -0.15) is 0 Å². The van der Waals surface area contributed by atoms with Crippen LogP contribution in [0.2, 0.25) is 0 Å². The first-order chi connectivity index (χ1) is 18.8. The van der Waals surface area contributed by atoms with E-state index < -0.39 is 29.3 Å². The van der Waals surface area contributed by atoms with E-state index in [-0.39, 0.29) is 18.7 Å². The number of amides is 3. The van der Waals surface area contributed by atoms with Crippen LogP contribution in [0.25, 0.3) is 0 Å². The Hall–Kier alpha value is -4.34. The number of nitrogens with one attached hydrogen (secondary N) is 2. The molecule has 2 aromatic carbocycles. The van der Waals surface area contributed by atoms with E-state index >= 15 is 0 Å². The molecule has 0 fully saturated rings. The molecule has 3 amide bonds. The smallest absolute Gasteiger partial charge is 0.248 e. The molecular weight excluding hydrogens is 512 g/mol. The lowest BCUT2D eigenvalue weighted by Crippen LogP contribution is -2.49. The van der Waals surface area contributed by atoms with E-state index in [0.29, 0.717) is 28.5 Å². The maximum absolute atomic E-state index is 14.0.